The summed E-state index contributed by atoms with van der Waals surface area (Å²) in [7, 11) is 1.64. The molecular weight excluding hydrogens is 410 g/mol. The number of halogens is 2. The summed E-state index contributed by atoms with van der Waals surface area (Å²) in [6.45, 7) is 1.90. The fraction of sp³-hybridized carbons (Fsp3) is 0.417. The number of primary amides is 1. The van der Waals surface area contributed by atoms with Gasteiger partial charge >= 0.3 is 0 Å². The number of non-ortho nitro benzene ring substituents is 1. The summed E-state index contributed by atoms with van der Waals surface area (Å²) in [4.78, 5) is 21.6. The Kier molecular flexibility index (Phi) is 6.11. The first-order valence-electron chi connectivity index (χ1n) is 5.96. The summed E-state index contributed by atoms with van der Waals surface area (Å²) in [5.74, 6) is -0.0426. The minimum absolute atomic E-state index is 0.0571. The van der Waals surface area contributed by atoms with Crippen LogP contribution in [-0.2, 0) is 4.79 Å². The quantitative estimate of drug-likeness (QED) is 0.516. The molecule has 1 unspecified atom stereocenters. The first-order chi connectivity index (χ1) is 9.71. The summed E-state index contributed by atoms with van der Waals surface area (Å²) < 4.78 is 6.49. The van der Waals surface area contributed by atoms with Gasteiger partial charge in [-0.3, -0.25) is 14.9 Å². The molecule has 0 radical (unpaired) electrons. The zero-order valence-corrected chi connectivity index (χ0v) is 14.7. The van der Waals surface area contributed by atoms with E-state index in [9.17, 15) is 14.9 Å². The number of benzene rings is 1. The molecule has 0 aromatic heterocycles. The van der Waals surface area contributed by atoms with E-state index < -0.39 is 16.4 Å². The zero-order valence-electron chi connectivity index (χ0n) is 11.5. The fourth-order valence-electron chi connectivity index (χ4n) is 1.52. The van der Waals surface area contributed by atoms with Crippen molar-refractivity contribution >= 4 is 43.5 Å². The third kappa shape index (κ3) is 4.39. The average molecular weight is 425 g/mol. The number of nitro groups is 1. The number of carbonyl (C=O) groups excluding carboxylic acids is 1. The summed E-state index contributed by atoms with van der Waals surface area (Å²) in [5.41, 5.74) is 4.39. The van der Waals surface area contributed by atoms with Crippen LogP contribution in [0.25, 0.3) is 0 Å². The molecule has 3 N–H and O–H groups in total. The highest BCUT2D eigenvalue weighted by molar-refractivity contribution is 9.11. The maximum Gasteiger partial charge on any atom is 0.271 e. The average Bonchev–Trinajstić information content (AvgIpc) is 2.40. The van der Waals surface area contributed by atoms with Gasteiger partial charge in [0.2, 0.25) is 5.91 Å². The number of amides is 1. The Labute approximate surface area is 138 Å². The van der Waals surface area contributed by atoms with Gasteiger partial charge in [-0.2, -0.15) is 0 Å². The lowest BCUT2D eigenvalue weighted by Crippen LogP contribution is -2.52. The predicted molar refractivity (Wildman–Crippen MR) is 85.3 cm³/mol. The van der Waals surface area contributed by atoms with Gasteiger partial charge in [-0.15, -0.1) is 0 Å². The topological polar surface area (TPSA) is 107 Å². The molecule has 0 saturated heterocycles. The first-order valence-corrected chi connectivity index (χ1v) is 7.55. The van der Waals surface area contributed by atoms with E-state index in [1.807, 2.05) is 0 Å². The summed E-state index contributed by atoms with van der Waals surface area (Å²) in [6, 6.07) is 2.71. The van der Waals surface area contributed by atoms with Crippen molar-refractivity contribution in [3.8, 4) is 5.75 Å². The van der Waals surface area contributed by atoms with Gasteiger partial charge in [0.15, 0.2) is 0 Å². The number of nitro benzene ring substituents is 1. The Morgan fingerprint density at radius 2 is 2.00 bits per heavy atom. The van der Waals surface area contributed by atoms with Crippen molar-refractivity contribution in [3.63, 3.8) is 0 Å². The lowest BCUT2D eigenvalue weighted by molar-refractivity contribution is -0.385. The highest BCUT2D eigenvalue weighted by atomic mass is 79.9. The Morgan fingerprint density at radius 3 is 2.38 bits per heavy atom. The standard InChI is InChI=1S/C12H15Br2N3O4/c1-12(16-2,11(15)18)3-4-21-10-8(13)5-7(17(19)20)6-9(10)14/h5-6,16H,3-4H2,1-2H3,(H2,15,18). The van der Waals surface area contributed by atoms with Crippen LogP contribution in [0.5, 0.6) is 5.75 Å². The molecule has 1 rings (SSSR count). The number of carbonyl (C=O) groups is 1. The minimum atomic E-state index is -0.875. The van der Waals surface area contributed by atoms with Crippen molar-refractivity contribution < 1.29 is 14.5 Å². The third-order valence-corrected chi connectivity index (χ3v) is 4.32. The van der Waals surface area contributed by atoms with Gasteiger partial charge in [-0.25, -0.2) is 0 Å². The molecule has 116 valence electrons. The lowest BCUT2D eigenvalue weighted by atomic mass is 9.98. The number of hydrogen-bond donors (Lipinski definition) is 2. The van der Waals surface area contributed by atoms with Crippen LogP contribution < -0.4 is 15.8 Å². The highest BCUT2D eigenvalue weighted by Gasteiger charge is 2.29. The van der Waals surface area contributed by atoms with Gasteiger partial charge in [0, 0.05) is 18.6 Å². The van der Waals surface area contributed by atoms with E-state index >= 15 is 0 Å². The second kappa shape index (κ2) is 7.19. The second-order valence-electron chi connectivity index (χ2n) is 4.54. The van der Waals surface area contributed by atoms with Crippen LogP contribution in [-0.4, -0.2) is 30.0 Å². The van der Waals surface area contributed by atoms with Crippen LogP contribution in [0.3, 0.4) is 0 Å². The molecule has 0 aliphatic heterocycles. The van der Waals surface area contributed by atoms with Crippen LogP contribution >= 0.6 is 31.9 Å². The molecule has 7 nitrogen and oxygen atoms in total. The summed E-state index contributed by atoms with van der Waals surface area (Å²) in [6.07, 6.45) is 0.356. The van der Waals surface area contributed by atoms with E-state index in [0.29, 0.717) is 21.1 Å². The monoisotopic (exact) mass is 423 g/mol. The minimum Gasteiger partial charge on any atom is -0.491 e. The fourth-order valence-corrected chi connectivity index (χ4v) is 2.91. The second-order valence-corrected chi connectivity index (χ2v) is 6.25. The molecule has 0 aliphatic carbocycles. The van der Waals surface area contributed by atoms with Gasteiger partial charge in [-0.05, 0) is 45.8 Å². The van der Waals surface area contributed by atoms with Crippen molar-refractivity contribution in [2.75, 3.05) is 13.7 Å². The van der Waals surface area contributed by atoms with Crippen molar-refractivity contribution in [3.05, 3.63) is 31.2 Å². The molecule has 1 aromatic carbocycles. The molecular formula is C12H15Br2N3O4. The first kappa shape index (κ1) is 17.9. The van der Waals surface area contributed by atoms with Gasteiger partial charge in [0.25, 0.3) is 5.69 Å². The number of rotatable bonds is 7. The zero-order chi connectivity index (χ0) is 16.2. The van der Waals surface area contributed by atoms with Crippen molar-refractivity contribution in [2.24, 2.45) is 5.73 Å². The third-order valence-electron chi connectivity index (χ3n) is 3.14. The Balaban J connectivity index is 2.81. The molecule has 0 bridgehead atoms. The molecule has 9 heteroatoms. The van der Waals surface area contributed by atoms with Crippen LogP contribution in [0.1, 0.15) is 13.3 Å². The number of nitrogens with two attached hydrogens (primary N) is 1. The Hall–Kier alpha value is -1.19. The van der Waals surface area contributed by atoms with Crippen LogP contribution in [0.15, 0.2) is 21.1 Å². The van der Waals surface area contributed by atoms with E-state index in [-0.39, 0.29) is 12.3 Å². The molecule has 0 fully saturated rings. The normalized spacial score (nSPS) is 13.5. The number of ether oxygens (including phenoxy) is 1. The van der Waals surface area contributed by atoms with E-state index in [1.165, 1.54) is 12.1 Å². The predicted octanol–water partition coefficient (Wildman–Crippen LogP) is 2.35. The van der Waals surface area contributed by atoms with E-state index in [0.717, 1.165) is 0 Å². The highest BCUT2D eigenvalue weighted by Crippen LogP contribution is 2.37. The van der Waals surface area contributed by atoms with Crippen LogP contribution in [0.2, 0.25) is 0 Å². The number of hydrogen-bond acceptors (Lipinski definition) is 5. The molecule has 0 spiro atoms. The van der Waals surface area contributed by atoms with E-state index in [2.05, 4.69) is 37.2 Å². The maximum atomic E-state index is 11.4. The SMILES string of the molecule is CNC(C)(CCOc1c(Br)cc([N+](=O)[O-])cc1Br)C(N)=O. The maximum absolute atomic E-state index is 11.4. The molecule has 0 heterocycles. The lowest BCUT2D eigenvalue weighted by Gasteiger charge is -2.25. The van der Waals surface area contributed by atoms with Crippen molar-refractivity contribution in [2.45, 2.75) is 18.9 Å². The smallest absolute Gasteiger partial charge is 0.271 e. The number of nitrogens with zero attached hydrogens (tertiary/aromatic N) is 1. The van der Waals surface area contributed by atoms with Gasteiger partial charge < -0.3 is 15.8 Å². The van der Waals surface area contributed by atoms with Crippen LogP contribution in [0, 0.1) is 10.1 Å². The summed E-state index contributed by atoms with van der Waals surface area (Å²) in [5, 5.41) is 13.6. The van der Waals surface area contributed by atoms with Crippen molar-refractivity contribution in [1.82, 2.24) is 5.32 Å². The molecule has 0 saturated carbocycles. The Morgan fingerprint density at radius 1 is 1.48 bits per heavy atom. The van der Waals surface area contributed by atoms with Gasteiger partial charge in [-0.1, -0.05) is 0 Å². The molecule has 1 aromatic rings. The molecule has 1 amide bonds. The molecule has 1 atom stereocenters. The molecule has 0 aliphatic rings. The number of nitrogens with one attached hydrogen (secondary N) is 1. The van der Waals surface area contributed by atoms with E-state index in [4.69, 9.17) is 10.5 Å². The van der Waals surface area contributed by atoms with Gasteiger partial charge in [0.1, 0.15) is 5.75 Å². The van der Waals surface area contributed by atoms with E-state index in [1.54, 1.807) is 14.0 Å². The Bertz CT molecular complexity index is 544. The number of likely N-dealkylation sites (N-methyl/N-ethyl adjacent to an activating group) is 1. The van der Waals surface area contributed by atoms with Crippen LogP contribution in [0.4, 0.5) is 5.69 Å². The molecule has 21 heavy (non-hydrogen) atoms. The van der Waals surface area contributed by atoms with Gasteiger partial charge in [0.05, 0.1) is 26.0 Å². The summed E-state index contributed by atoms with van der Waals surface area (Å²) >= 11 is 6.45. The largest absolute Gasteiger partial charge is 0.491 e. The van der Waals surface area contributed by atoms with Crippen molar-refractivity contribution in [1.29, 1.82) is 0 Å².